The lowest BCUT2D eigenvalue weighted by molar-refractivity contribution is 0.181. The molecule has 0 spiro atoms. The first-order valence-electron chi connectivity index (χ1n) is 8.23. The van der Waals surface area contributed by atoms with Crippen LogP contribution >= 0.6 is 11.6 Å². The van der Waals surface area contributed by atoms with Gasteiger partial charge in [-0.05, 0) is 37.3 Å². The highest BCUT2D eigenvalue weighted by Crippen LogP contribution is 2.45. The van der Waals surface area contributed by atoms with Crippen molar-refractivity contribution >= 4 is 23.0 Å². The van der Waals surface area contributed by atoms with E-state index in [9.17, 15) is 5.21 Å². The Bertz CT molecular complexity index is 583. The molecule has 0 aromatic heterocycles. The zero-order valence-corrected chi connectivity index (χ0v) is 13.4. The van der Waals surface area contributed by atoms with Gasteiger partial charge in [0, 0.05) is 32.1 Å². The van der Waals surface area contributed by atoms with E-state index in [2.05, 4.69) is 21.0 Å². The molecule has 1 aliphatic heterocycles. The second kappa shape index (κ2) is 5.74. The number of fused-ring (bicyclic) bond motifs is 2. The normalized spacial score (nSPS) is 33.8. The molecule has 4 rings (SSSR count). The average Bonchev–Trinajstić information content (AvgIpc) is 3.16. The lowest BCUT2D eigenvalue weighted by Crippen LogP contribution is -2.54. The Morgan fingerprint density at radius 2 is 1.86 bits per heavy atom. The van der Waals surface area contributed by atoms with Crippen LogP contribution in [-0.2, 0) is 0 Å². The number of rotatable bonds is 2. The van der Waals surface area contributed by atoms with Gasteiger partial charge >= 0.3 is 0 Å². The molecule has 0 radical (unpaired) electrons. The summed E-state index contributed by atoms with van der Waals surface area (Å²) < 4.78 is 0. The lowest BCUT2D eigenvalue weighted by Gasteiger charge is -2.41. The number of halogens is 1. The Morgan fingerprint density at radius 3 is 2.59 bits per heavy atom. The Labute approximate surface area is 136 Å². The van der Waals surface area contributed by atoms with Gasteiger partial charge in [0.25, 0.3) is 0 Å². The van der Waals surface area contributed by atoms with Crippen LogP contribution in [-0.4, -0.2) is 48.0 Å². The molecule has 1 aromatic carbocycles. The Morgan fingerprint density at radius 1 is 1.09 bits per heavy atom. The van der Waals surface area contributed by atoms with Crippen molar-refractivity contribution in [2.45, 2.75) is 25.3 Å². The summed E-state index contributed by atoms with van der Waals surface area (Å²) in [6, 6.07) is 8.44. The van der Waals surface area contributed by atoms with Crippen LogP contribution in [0.25, 0.3) is 0 Å². The van der Waals surface area contributed by atoms with Crippen LogP contribution in [0.2, 0.25) is 5.02 Å². The number of hydrogen-bond acceptors (Lipinski definition) is 4. The summed E-state index contributed by atoms with van der Waals surface area (Å²) >= 11 is 6.31. The van der Waals surface area contributed by atoms with Crippen molar-refractivity contribution in [3.63, 3.8) is 0 Å². The third kappa shape index (κ3) is 2.29. The fourth-order valence-electron chi connectivity index (χ4n) is 4.63. The summed E-state index contributed by atoms with van der Waals surface area (Å²) in [6.45, 7) is 3.99. The number of anilines is 1. The largest absolute Gasteiger partial charge is 0.411 e. The zero-order valence-electron chi connectivity index (χ0n) is 12.7. The maximum atomic E-state index is 9.39. The van der Waals surface area contributed by atoms with Gasteiger partial charge in [0.2, 0.25) is 0 Å². The maximum absolute atomic E-state index is 9.39. The molecule has 3 atom stereocenters. The SMILES string of the molecule is O/N=C1/[C@H]2CC[C@H](C2)[C@@H]1N1CCN(c2ccccc2Cl)CC1. The Kier molecular flexibility index (Phi) is 3.74. The molecule has 1 heterocycles. The summed E-state index contributed by atoms with van der Waals surface area (Å²) in [7, 11) is 0. The van der Waals surface area contributed by atoms with Gasteiger partial charge in [0.05, 0.1) is 22.5 Å². The summed E-state index contributed by atoms with van der Waals surface area (Å²) in [4.78, 5) is 4.88. The molecule has 118 valence electrons. The van der Waals surface area contributed by atoms with Crippen molar-refractivity contribution in [1.82, 2.24) is 4.90 Å². The third-order valence-electron chi connectivity index (χ3n) is 5.66. The second-order valence-electron chi connectivity index (χ2n) is 6.71. The van der Waals surface area contributed by atoms with E-state index in [0.29, 0.717) is 17.9 Å². The van der Waals surface area contributed by atoms with E-state index >= 15 is 0 Å². The summed E-state index contributed by atoms with van der Waals surface area (Å²) in [6.07, 6.45) is 3.72. The first-order chi connectivity index (χ1) is 10.8. The molecule has 4 nitrogen and oxygen atoms in total. The summed E-state index contributed by atoms with van der Waals surface area (Å²) in [5, 5.41) is 13.9. The minimum atomic E-state index is 0.372. The van der Waals surface area contributed by atoms with Crippen molar-refractivity contribution in [3.8, 4) is 0 Å². The van der Waals surface area contributed by atoms with Crippen LogP contribution in [0.1, 0.15) is 19.3 Å². The fraction of sp³-hybridized carbons (Fsp3) is 0.588. The predicted octanol–water partition coefficient (Wildman–Crippen LogP) is 3.09. The molecule has 0 amide bonds. The highest BCUT2D eigenvalue weighted by molar-refractivity contribution is 6.33. The van der Waals surface area contributed by atoms with Gasteiger partial charge in [0.1, 0.15) is 0 Å². The minimum Gasteiger partial charge on any atom is -0.411 e. The van der Waals surface area contributed by atoms with Crippen LogP contribution in [0.4, 0.5) is 5.69 Å². The van der Waals surface area contributed by atoms with Crippen molar-refractivity contribution in [1.29, 1.82) is 0 Å². The van der Waals surface area contributed by atoms with Crippen LogP contribution < -0.4 is 4.90 Å². The second-order valence-corrected chi connectivity index (χ2v) is 7.12. The van der Waals surface area contributed by atoms with Gasteiger partial charge in [0.15, 0.2) is 0 Å². The Hall–Kier alpha value is -1.26. The van der Waals surface area contributed by atoms with E-state index in [1.54, 1.807) is 0 Å². The molecule has 1 aromatic rings. The molecule has 2 bridgehead atoms. The van der Waals surface area contributed by atoms with E-state index in [-0.39, 0.29) is 0 Å². The number of benzene rings is 1. The number of nitrogens with zero attached hydrogens (tertiary/aromatic N) is 3. The number of hydrogen-bond donors (Lipinski definition) is 1. The van der Waals surface area contributed by atoms with Crippen LogP contribution in [0.5, 0.6) is 0 Å². The first kappa shape index (κ1) is 14.3. The van der Waals surface area contributed by atoms with Crippen molar-refractivity contribution in [2.24, 2.45) is 17.0 Å². The number of piperazine rings is 1. The van der Waals surface area contributed by atoms with Crippen LogP contribution in [0.15, 0.2) is 29.4 Å². The minimum absolute atomic E-state index is 0.372. The third-order valence-corrected chi connectivity index (χ3v) is 5.98. The number of para-hydroxylation sites is 1. The smallest absolute Gasteiger partial charge is 0.0775 e. The van der Waals surface area contributed by atoms with Crippen molar-refractivity contribution in [2.75, 3.05) is 31.1 Å². The monoisotopic (exact) mass is 319 g/mol. The van der Waals surface area contributed by atoms with Gasteiger partial charge in [-0.2, -0.15) is 0 Å². The van der Waals surface area contributed by atoms with Crippen molar-refractivity contribution < 1.29 is 5.21 Å². The topological polar surface area (TPSA) is 39.1 Å². The zero-order chi connectivity index (χ0) is 15.1. The summed E-state index contributed by atoms with van der Waals surface area (Å²) in [5.74, 6) is 1.23. The molecule has 1 saturated heterocycles. The molecule has 3 aliphatic rings. The molecule has 2 saturated carbocycles. The first-order valence-corrected chi connectivity index (χ1v) is 8.61. The van der Waals surface area contributed by atoms with Gasteiger partial charge in [-0.15, -0.1) is 0 Å². The highest BCUT2D eigenvalue weighted by Gasteiger charge is 2.48. The van der Waals surface area contributed by atoms with E-state index < -0.39 is 0 Å². The van der Waals surface area contributed by atoms with Gasteiger partial charge < -0.3 is 10.1 Å². The molecule has 22 heavy (non-hydrogen) atoms. The fourth-order valence-corrected chi connectivity index (χ4v) is 4.89. The van der Waals surface area contributed by atoms with E-state index in [1.807, 2.05) is 18.2 Å². The maximum Gasteiger partial charge on any atom is 0.0775 e. The van der Waals surface area contributed by atoms with E-state index in [0.717, 1.165) is 42.6 Å². The number of oxime groups is 1. The molecule has 1 N–H and O–H groups in total. The standard InChI is InChI=1S/C17H22ClN3O/c18-14-3-1-2-4-15(14)20-7-9-21(10-8-20)17-13-6-5-12(11-13)16(17)19-22/h1-4,12-13,17,22H,5-11H2/b19-16-/t12-,13+,17-/m0/s1. The molecular formula is C17H22ClN3O. The van der Waals surface area contributed by atoms with Gasteiger partial charge in [-0.3, -0.25) is 4.90 Å². The van der Waals surface area contributed by atoms with Crippen LogP contribution in [0.3, 0.4) is 0 Å². The van der Waals surface area contributed by atoms with E-state index in [1.165, 1.54) is 19.3 Å². The Balaban J connectivity index is 1.45. The van der Waals surface area contributed by atoms with Crippen LogP contribution in [0, 0.1) is 11.8 Å². The molecule has 3 fully saturated rings. The quantitative estimate of drug-likeness (QED) is 0.672. The lowest BCUT2D eigenvalue weighted by atomic mass is 9.91. The molecule has 2 aliphatic carbocycles. The summed E-state index contributed by atoms with van der Waals surface area (Å²) in [5.41, 5.74) is 2.18. The van der Waals surface area contributed by atoms with Gasteiger partial charge in [-0.1, -0.05) is 28.9 Å². The predicted molar refractivity (Wildman–Crippen MR) is 89.1 cm³/mol. The van der Waals surface area contributed by atoms with E-state index in [4.69, 9.17) is 11.6 Å². The van der Waals surface area contributed by atoms with Crippen molar-refractivity contribution in [3.05, 3.63) is 29.3 Å². The highest BCUT2D eigenvalue weighted by atomic mass is 35.5. The molecular weight excluding hydrogens is 298 g/mol. The van der Waals surface area contributed by atoms with Gasteiger partial charge in [-0.25, -0.2) is 0 Å². The molecule has 0 unspecified atom stereocenters. The molecule has 5 heteroatoms. The average molecular weight is 320 g/mol.